The van der Waals surface area contributed by atoms with Gasteiger partial charge in [-0.15, -0.1) is 0 Å². The molecule has 0 saturated heterocycles. The Balaban J connectivity index is 1.95. The summed E-state index contributed by atoms with van der Waals surface area (Å²) in [6, 6.07) is 18.3. The van der Waals surface area contributed by atoms with Crippen LogP contribution in [0, 0.1) is 0 Å². The van der Waals surface area contributed by atoms with Gasteiger partial charge in [-0.1, -0.05) is 54.6 Å². The fourth-order valence-corrected chi connectivity index (χ4v) is 3.51. The van der Waals surface area contributed by atoms with Gasteiger partial charge < -0.3 is 15.0 Å². The van der Waals surface area contributed by atoms with Crippen molar-refractivity contribution in [2.45, 2.75) is 45.4 Å². The van der Waals surface area contributed by atoms with Crippen LogP contribution in [-0.4, -0.2) is 24.3 Å². The lowest BCUT2D eigenvalue weighted by Gasteiger charge is -2.39. The van der Waals surface area contributed by atoms with Gasteiger partial charge in [0.2, 0.25) is 0 Å². The monoisotopic (exact) mass is 364 g/mol. The fraction of sp³-hybridized carbons (Fsp3) is 0.348. The number of alkyl carbamates (subject to hydrolysis) is 1. The summed E-state index contributed by atoms with van der Waals surface area (Å²) in [5, 5.41) is 3.11. The third-order valence-corrected chi connectivity index (χ3v) is 4.61. The van der Waals surface area contributed by atoms with Crippen LogP contribution < -0.4 is 10.2 Å². The zero-order valence-electron chi connectivity index (χ0n) is 16.5. The Morgan fingerprint density at radius 1 is 1.07 bits per heavy atom. The molecule has 2 aromatic rings. The smallest absolute Gasteiger partial charge is 0.408 e. The van der Waals surface area contributed by atoms with Crippen LogP contribution in [0.5, 0.6) is 0 Å². The summed E-state index contributed by atoms with van der Waals surface area (Å²) in [6.07, 6.45) is 3.91. The van der Waals surface area contributed by atoms with Gasteiger partial charge in [-0.2, -0.15) is 0 Å². The van der Waals surface area contributed by atoms with Crippen LogP contribution in [0.2, 0.25) is 0 Å². The molecule has 1 aliphatic carbocycles. The molecule has 27 heavy (non-hydrogen) atoms. The molecule has 3 rings (SSSR count). The lowest BCUT2D eigenvalue weighted by molar-refractivity contribution is 0.0499. The summed E-state index contributed by atoms with van der Waals surface area (Å²) in [7, 11) is 0. The Kier molecular flexibility index (Phi) is 5.54. The molecule has 0 aromatic heterocycles. The van der Waals surface area contributed by atoms with Crippen LogP contribution in [-0.2, 0) is 4.74 Å². The van der Waals surface area contributed by atoms with Crippen LogP contribution in [0.4, 0.5) is 10.5 Å². The number of anilines is 1. The number of carbonyl (C=O) groups excluding carboxylic acids is 1. The summed E-state index contributed by atoms with van der Waals surface area (Å²) < 4.78 is 5.53. The van der Waals surface area contributed by atoms with Gasteiger partial charge in [0.25, 0.3) is 0 Å². The number of nitrogens with zero attached hydrogens (tertiary/aromatic N) is 1. The maximum Gasteiger partial charge on any atom is 0.408 e. The normalized spacial score (nSPS) is 18.5. The number of ether oxygens (including phenoxy) is 1. The molecule has 4 nitrogen and oxygen atoms in total. The maximum absolute atomic E-state index is 12.6. The summed E-state index contributed by atoms with van der Waals surface area (Å²) in [4.78, 5) is 14.9. The first kappa shape index (κ1) is 19.0. The second-order valence-corrected chi connectivity index (χ2v) is 7.72. The predicted octanol–water partition coefficient (Wildman–Crippen LogP) is 5.17. The van der Waals surface area contributed by atoms with E-state index < -0.39 is 11.7 Å². The van der Waals surface area contributed by atoms with Crippen molar-refractivity contribution in [3.63, 3.8) is 0 Å². The molecule has 1 aliphatic rings. The van der Waals surface area contributed by atoms with Gasteiger partial charge in [-0.05, 0) is 51.0 Å². The average Bonchev–Trinajstić information content (AvgIpc) is 2.63. The van der Waals surface area contributed by atoms with Crippen LogP contribution in [0.1, 0.15) is 44.9 Å². The van der Waals surface area contributed by atoms with Crippen molar-refractivity contribution in [1.82, 2.24) is 5.32 Å². The summed E-state index contributed by atoms with van der Waals surface area (Å²) in [6.45, 7) is 8.59. The Morgan fingerprint density at radius 2 is 1.74 bits per heavy atom. The first-order valence-corrected chi connectivity index (χ1v) is 9.47. The number of likely N-dealkylation sites (N-methyl/N-ethyl adjacent to an activating group) is 1. The minimum atomic E-state index is -0.534. The largest absolute Gasteiger partial charge is 0.444 e. The quantitative estimate of drug-likeness (QED) is 0.813. The van der Waals surface area contributed by atoms with Crippen molar-refractivity contribution in [2.24, 2.45) is 0 Å². The van der Waals surface area contributed by atoms with Crippen molar-refractivity contribution in [2.75, 3.05) is 11.4 Å². The van der Waals surface area contributed by atoms with Crippen LogP contribution >= 0.6 is 0 Å². The SMILES string of the molecule is CCN(c1ccccc1)[C@@H]1C=Cc2ccccc2[C@H]1NC(=O)OC(C)(C)C. The number of amides is 1. The van der Waals surface area contributed by atoms with Crippen LogP contribution in [0.3, 0.4) is 0 Å². The van der Waals surface area contributed by atoms with Gasteiger partial charge in [-0.3, -0.25) is 0 Å². The van der Waals surface area contributed by atoms with Crippen molar-refractivity contribution in [3.05, 3.63) is 71.8 Å². The number of para-hydroxylation sites is 1. The molecule has 0 aliphatic heterocycles. The van der Waals surface area contributed by atoms with E-state index in [0.29, 0.717) is 0 Å². The molecular formula is C23H28N2O2. The standard InChI is InChI=1S/C23H28N2O2/c1-5-25(18-12-7-6-8-13-18)20-16-15-17-11-9-10-14-19(17)21(20)24-22(26)27-23(2,3)4/h6-16,20-21H,5H2,1-4H3,(H,24,26)/t20-,21-/m1/s1. The first-order valence-electron chi connectivity index (χ1n) is 9.47. The molecule has 2 atom stereocenters. The van der Waals surface area contributed by atoms with E-state index in [1.165, 1.54) is 0 Å². The van der Waals surface area contributed by atoms with E-state index in [1.54, 1.807) is 0 Å². The van der Waals surface area contributed by atoms with Crippen LogP contribution in [0.15, 0.2) is 60.7 Å². The zero-order valence-corrected chi connectivity index (χ0v) is 16.5. The lowest BCUT2D eigenvalue weighted by atomic mass is 9.88. The molecular weight excluding hydrogens is 336 g/mol. The maximum atomic E-state index is 12.6. The predicted molar refractivity (Wildman–Crippen MR) is 111 cm³/mol. The number of hydrogen-bond acceptors (Lipinski definition) is 3. The van der Waals surface area contributed by atoms with E-state index in [0.717, 1.165) is 23.4 Å². The third kappa shape index (κ3) is 4.51. The van der Waals surface area contributed by atoms with Crippen molar-refractivity contribution in [3.8, 4) is 0 Å². The van der Waals surface area contributed by atoms with Crippen molar-refractivity contribution < 1.29 is 9.53 Å². The van der Waals surface area contributed by atoms with Crippen LogP contribution in [0.25, 0.3) is 6.08 Å². The molecule has 0 heterocycles. The number of fused-ring (bicyclic) bond motifs is 1. The van der Waals surface area contributed by atoms with E-state index >= 15 is 0 Å². The van der Waals surface area contributed by atoms with E-state index in [-0.39, 0.29) is 12.1 Å². The first-order chi connectivity index (χ1) is 12.9. The van der Waals surface area contributed by atoms with Gasteiger partial charge >= 0.3 is 6.09 Å². The lowest BCUT2D eigenvalue weighted by Crippen LogP contribution is -2.48. The Bertz CT molecular complexity index is 809. The van der Waals surface area contributed by atoms with E-state index in [4.69, 9.17) is 4.74 Å². The molecule has 0 unspecified atom stereocenters. The zero-order chi connectivity index (χ0) is 19.4. The summed E-state index contributed by atoms with van der Waals surface area (Å²) >= 11 is 0. The third-order valence-electron chi connectivity index (χ3n) is 4.61. The topological polar surface area (TPSA) is 41.6 Å². The van der Waals surface area contributed by atoms with E-state index in [1.807, 2.05) is 51.1 Å². The molecule has 0 spiro atoms. The van der Waals surface area contributed by atoms with Gasteiger partial charge in [0, 0.05) is 12.2 Å². The Hall–Kier alpha value is -2.75. The highest BCUT2D eigenvalue weighted by Crippen LogP contribution is 2.33. The molecule has 4 heteroatoms. The molecule has 1 amide bonds. The fourth-order valence-electron chi connectivity index (χ4n) is 3.51. The molecule has 0 bridgehead atoms. The summed E-state index contributed by atoms with van der Waals surface area (Å²) in [5.74, 6) is 0. The average molecular weight is 364 g/mol. The summed E-state index contributed by atoms with van der Waals surface area (Å²) in [5.41, 5.74) is 2.82. The molecule has 0 fully saturated rings. The number of hydrogen-bond donors (Lipinski definition) is 1. The van der Waals surface area contributed by atoms with E-state index in [2.05, 4.69) is 53.6 Å². The molecule has 0 saturated carbocycles. The second kappa shape index (κ2) is 7.87. The molecule has 142 valence electrons. The van der Waals surface area contributed by atoms with E-state index in [9.17, 15) is 4.79 Å². The van der Waals surface area contributed by atoms with Gasteiger partial charge in [0.05, 0.1) is 12.1 Å². The minimum Gasteiger partial charge on any atom is -0.444 e. The minimum absolute atomic E-state index is 0.000168. The number of rotatable bonds is 4. The van der Waals surface area contributed by atoms with Crippen molar-refractivity contribution in [1.29, 1.82) is 0 Å². The number of carbonyl (C=O) groups is 1. The molecule has 2 aromatic carbocycles. The second-order valence-electron chi connectivity index (χ2n) is 7.72. The highest BCUT2D eigenvalue weighted by molar-refractivity contribution is 5.71. The molecule has 1 N–H and O–H groups in total. The molecule has 0 radical (unpaired) electrons. The highest BCUT2D eigenvalue weighted by atomic mass is 16.6. The highest BCUT2D eigenvalue weighted by Gasteiger charge is 2.32. The Morgan fingerprint density at radius 3 is 2.41 bits per heavy atom. The Labute approximate surface area is 161 Å². The van der Waals surface area contributed by atoms with Gasteiger partial charge in [-0.25, -0.2) is 4.79 Å². The number of benzene rings is 2. The van der Waals surface area contributed by atoms with Gasteiger partial charge in [0.1, 0.15) is 5.60 Å². The van der Waals surface area contributed by atoms with Gasteiger partial charge in [0.15, 0.2) is 0 Å². The van der Waals surface area contributed by atoms with Crippen molar-refractivity contribution >= 4 is 17.9 Å². The number of nitrogens with one attached hydrogen (secondary N) is 1.